The smallest absolute Gasteiger partial charge is 0.123 e. The summed E-state index contributed by atoms with van der Waals surface area (Å²) in [7, 11) is 0. The number of ether oxygens (including phenoxy) is 1. The van der Waals surface area contributed by atoms with Gasteiger partial charge in [0.15, 0.2) is 0 Å². The molecular weight excluding hydrogens is 227 g/mol. The van der Waals surface area contributed by atoms with Gasteiger partial charge in [0.05, 0.1) is 12.2 Å². The molecule has 0 aliphatic heterocycles. The van der Waals surface area contributed by atoms with E-state index in [1.807, 2.05) is 30.3 Å². The Bertz CT molecular complexity index is 515. The van der Waals surface area contributed by atoms with E-state index in [1.54, 1.807) is 0 Å². The number of hydrogen-bond donors (Lipinski definition) is 0. The van der Waals surface area contributed by atoms with Gasteiger partial charge >= 0.3 is 0 Å². The average molecular weight is 242 g/mol. The second-order valence-corrected chi connectivity index (χ2v) is 4.78. The molecule has 0 unspecified atom stereocenters. The summed E-state index contributed by atoms with van der Waals surface area (Å²) in [6, 6.07) is 16.8. The Balaban J connectivity index is 1.70. The zero-order valence-corrected chi connectivity index (χ0v) is 10.1. The molecule has 0 bridgehead atoms. The Hall–Kier alpha value is -1.67. The molecule has 0 heterocycles. The maximum atomic E-state index is 12.9. The maximum Gasteiger partial charge on any atom is 0.123 e. The zero-order valence-electron chi connectivity index (χ0n) is 10.1. The van der Waals surface area contributed by atoms with Gasteiger partial charge < -0.3 is 4.74 Å². The van der Waals surface area contributed by atoms with Gasteiger partial charge in [-0.2, -0.15) is 0 Å². The monoisotopic (exact) mass is 242 g/mol. The summed E-state index contributed by atoms with van der Waals surface area (Å²) in [5.41, 5.74) is 2.08. The predicted octanol–water partition coefficient (Wildman–Crippen LogP) is 4.03. The van der Waals surface area contributed by atoms with E-state index in [1.165, 1.54) is 17.7 Å². The largest absolute Gasteiger partial charge is 0.366 e. The molecule has 1 nitrogen and oxygen atoms in total. The van der Waals surface area contributed by atoms with Crippen LogP contribution in [0.4, 0.5) is 4.39 Å². The van der Waals surface area contributed by atoms with Crippen LogP contribution in [0.3, 0.4) is 0 Å². The predicted molar refractivity (Wildman–Crippen MR) is 68.5 cm³/mol. The minimum Gasteiger partial charge on any atom is -0.366 e. The van der Waals surface area contributed by atoms with Crippen molar-refractivity contribution in [1.82, 2.24) is 0 Å². The molecule has 92 valence electrons. The number of hydrogen-bond acceptors (Lipinski definition) is 1. The molecule has 1 saturated carbocycles. The second kappa shape index (κ2) is 4.54. The molecule has 18 heavy (non-hydrogen) atoms. The molecule has 1 aliphatic rings. The van der Waals surface area contributed by atoms with E-state index in [4.69, 9.17) is 4.74 Å². The van der Waals surface area contributed by atoms with Crippen LogP contribution in [0, 0.1) is 5.82 Å². The summed E-state index contributed by atoms with van der Waals surface area (Å²) < 4.78 is 18.9. The quantitative estimate of drug-likeness (QED) is 0.786. The number of benzene rings is 2. The van der Waals surface area contributed by atoms with Crippen LogP contribution < -0.4 is 0 Å². The van der Waals surface area contributed by atoms with Crippen molar-refractivity contribution in [3.05, 3.63) is 71.5 Å². The normalized spacial score (nSPS) is 16.5. The molecule has 2 aromatic rings. The Morgan fingerprint density at radius 1 is 0.944 bits per heavy atom. The lowest BCUT2D eigenvalue weighted by molar-refractivity contribution is 0.0171. The molecule has 1 fully saturated rings. The fraction of sp³-hybridized carbons (Fsp3) is 0.250. The molecule has 2 heteroatoms. The van der Waals surface area contributed by atoms with Crippen LogP contribution >= 0.6 is 0 Å². The Morgan fingerprint density at radius 3 is 2.22 bits per heavy atom. The van der Waals surface area contributed by atoms with Gasteiger partial charge in [0.1, 0.15) is 5.82 Å². The summed E-state index contributed by atoms with van der Waals surface area (Å²) in [4.78, 5) is 0. The number of halogens is 1. The highest BCUT2D eigenvalue weighted by Gasteiger charge is 2.45. The van der Waals surface area contributed by atoms with E-state index in [9.17, 15) is 4.39 Å². The van der Waals surface area contributed by atoms with Crippen molar-refractivity contribution in [2.45, 2.75) is 25.0 Å². The first-order chi connectivity index (χ1) is 8.78. The van der Waals surface area contributed by atoms with Crippen LogP contribution in [-0.4, -0.2) is 0 Å². The van der Waals surface area contributed by atoms with Crippen molar-refractivity contribution < 1.29 is 9.13 Å². The molecule has 1 aliphatic carbocycles. The van der Waals surface area contributed by atoms with Crippen LogP contribution in [0.2, 0.25) is 0 Å². The topological polar surface area (TPSA) is 9.23 Å². The van der Waals surface area contributed by atoms with Gasteiger partial charge in [-0.25, -0.2) is 4.39 Å². The molecule has 0 saturated heterocycles. The molecular formula is C16H15FO. The first-order valence-electron chi connectivity index (χ1n) is 6.22. The van der Waals surface area contributed by atoms with E-state index in [0.717, 1.165) is 18.4 Å². The van der Waals surface area contributed by atoms with Gasteiger partial charge in [0.2, 0.25) is 0 Å². The van der Waals surface area contributed by atoms with E-state index in [-0.39, 0.29) is 11.4 Å². The summed E-state index contributed by atoms with van der Waals surface area (Å²) in [5, 5.41) is 0. The lowest BCUT2D eigenvalue weighted by Gasteiger charge is -2.17. The molecule has 0 radical (unpaired) electrons. The molecule has 0 atom stereocenters. The van der Waals surface area contributed by atoms with E-state index < -0.39 is 0 Å². The molecule has 0 N–H and O–H groups in total. The standard InChI is InChI=1S/C16H15FO/c17-15-8-6-14(7-9-15)16(10-11-16)18-12-13-4-2-1-3-5-13/h1-9H,10-12H2. The van der Waals surface area contributed by atoms with E-state index in [0.29, 0.717) is 6.61 Å². The van der Waals surface area contributed by atoms with Crippen LogP contribution in [0.1, 0.15) is 24.0 Å². The van der Waals surface area contributed by atoms with Crippen LogP contribution in [0.5, 0.6) is 0 Å². The Morgan fingerprint density at radius 2 is 1.61 bits per heavy atom. The summed E-state index contributed by atoms with van der Waals surface area (Å²) in [6.45, 7) is 0.609. The molecule has 3 rings (SSSR count). The third-order valence-electron chi connectivity index (χ3n) is 3.43. The summed E-state index contributed by atoms with van der Waals surface area (Å²) in [5.74, 6) is -0.197. The zero-order chi connectivity index (χ0) is 12.4. The van der Waals surface area contributed by atoms with Crippen LogP contribution in [-0.2, 0) is 16.9 Å². The van der Waals surface area contributed by atoms with Gasteiger partial charge in [-0.15, -0.1) is 0 Å². The molecule has 2 aromatic carbocycles. The highest BCUT2D eigenvalue weighted by atomic mass is 19.1. The van der Waals surface area contributed by atoms with Crippen LogP contribution in [0.15, 0.2) is 54.6 Å². The molecule has 0 aromatic heterocycles. The van der Waals surface area contributed by atoms with Gasteiger partial charge in [-0.05, 0) is 36.1 Å². The van der Waals surface area contributed by atoms with Gasteiger partial charge in [-0.1, -0.05) is 42.5 Å². The first kappa shape index (κ1) is 11.4. The minimum atomic E-state index is -0.197. The fourth-order valence-electron chi connectivity index (χ4n) is 2.18. The lowest BCUT2D eigenvalue weighted by Crippen LogP contribution is -2.11. The molecule has 0 spiro atoms. The first-order valence-corrected chi connectivity index (χ1v) is 6.22. The van der Waals surface area contributed by atoms with E-state index >= 15 is 0 Å². The Kier molecular flexibility index (Phi) is 2.88. The van der Waals surface area contributed by atoms with Gasteiger partial charge in [0.25, 0.3) is 0 Å². The van der Waals surface area contributed by atoms with Gasteiger partial charge in [0, 0.05) is 0 Å². The van der Waals surface area contributed by atoms with E-state index in [2.05, 4.69) is 12.1 Å². The van der Waals surface area contributed by atoms with Crippen molar-refractivity contribution >= 4 is 0 Å². The summed E-state index contributed by atoms with van der Waals surface area (Å²) in [6.07, 6.45) is 2.04. The lowest BCUT2D eigenvalue weighted by atomic mass is 10.1. The minimum absolute atomic E-state index is 0.177. The third kappa shape index (κ3) is 2.29. The highest BCUT2D eigenvalue weighted by Crippen LogP contribution is 2.49. The number of rotatable bonds is 4. The second-order valence-electron chi connectivity index (χ2n) is 4.78. The summed E-state index contributed by atoms with van der Waals surface area (Å²) >= 11 is 0. The van der Waals surface area contributed by atoms with Crippen molar-refractivity contribution in [2.24, 2.45) is 0 Å². The van der Waals surface area contributed by atoms with Crippen molar-refractivity contribution in [3.8, 4) is 0 Å². The van der Waals surface area contributed by atoms with Crippen molar-refractivity contribution in [1.29, 1.82) is 0 Å². The Labute approximate surface area is 106 Å². The maximum absolute atomic E-state index is 12.9. The van der Waals surface area contributed by atoms with Crippen LogP contribution in [0.25, 0.3) is 0 Å². The SMILES string of the molecule is Fc1ccc(C2(OCc3ccccc3)CC2)cc1. The molecule has 0 amide bonds. The highest BCUT2D eigenvalue weighted by molar-refractivity contribution is 5.28. The average Bonchev–Trinajstić information content (AvgIpc) is 3.20. The van der Waals surface area contributed by atoms with Crippen molar-refractivity contribution in [3.63, 3.8) is 0 Å². The van der Waals surface area contributed by atoms with Crippen molar-refractivity contribution in [2.75, 3.05) is 0 Å². The van der Waals surface area contributed by atoms with Gasteiger partial charge in [-0.3, -0.25) is 0 Å². The fourth-order valence-corrected chi connectivity index (χ4v) is 2.18. The third-order valence-corrected chi connectivity index (χ3v) is 3.43.